The van der Waals surface area contributed by atoms with Gasteiger partial charge in [-0.1, -0.05) is 15.9 Å². The molecule has 0 spiro atoms. The summed E-state index contributed by atoms with van der Waals surface area (Å²) in [4.78, 5) is 12.1. The van der Waals surface area contributed by atoms with Crippen LogP contribution in [-0.4, -0.2) is 27.0 Å². The number of halogens is 1. The first-order valence-corrected chi connectivity index (χ1v) is 10.3. The van der Waals surface area contributed by atoms with Crippen LogP contribution in [0.4, 0.5) is 5.69 Å². The lowest BCUT2D eigenvalue weighted by Crippen LogP contribution is -2.30. The van der Waals surface area contributed by atoms with E-state index in [1.807, 2.05) is 19.1 Å². The molecule has 8 heteroatoms. The first-order chi connectivity index (χ1) is 12.2. The highest BCUT2D eigenvalue weighted by molar-refractivity contribution is 9.10. The third-order valence-electron chi connectivity index (χ3n) is 3.34. The minimum Gasteiger partial charge on any atom is -0.484 e. The SMILES string of the molecule is Cc1cc(OCC(=O)Nc2ccc(S(=O)(=O)NC(C)C)cc2)ccc1Br. The Kier molecular flexibility index (Phi) is 6.80. The van der Waals surface area contributed by atoms with E-state index in [4.69, 9.17) is 4.74 Å². The number of carbonyl (C=O) groups excluding carboxylic acids is 1. The molecular formula is C18H21BrN2O4S. The number of hydrogen-bond acceptors (Lipinski definition) is 4. The number of amides is 1. The van der Waals surface area contributed by atoms with Gasteiger partial charge >= 0.3 is 0 Å². The van der Waals surface area contributed by atoms with Crippen molar-refractivity contribution in [3.8, 4) is 5.75 Å². The van der Waals surface area contributed by atoms with E-state index in [0.717, 1.165) is 10.0 Å². The third-order valence-corrected chi connectivity index (χ3v) is 5.90. The second-order valence-corrected chi connectivity index (χ2v) is 8.62. The van der Waals surface area contributed by atoms with Crippen LogP contribution in [0.5, 0.6) is 5.75 Å². The smallest absolute Gasteiger partial charge is 0.262 e. The Labute approximate surface area is 162 Å². The van der Waals surface area contributed by atoms with E-state index in [1.165, 1.54) is 24.3 Å². The Morgan fingerprint density at radius 1 is 1.15 bits per heavy atom. The average Bonchev–Trinajstić information content (AvgIpc) is 2.55. The Bertz CT molecular complexity index is 881. The zero-order valence-electron chi connectivity index (χ0n) is 14.7. The molecule has 0 bridgehead atoms. The molecule has 0 radical (unpaired) electrons. The van der Waals surface area contributed by atoms with E-state index in [0.29, 0.717) is 11.4 Å². The fraction of sp³-hybridized carbons (Fsp3) is 0.278. The van der Waals surface area contributed by atoms with E-state index < -0.39 is 10.0 Å². The van der Waals surface area contributed by atoms with E-state index in [9.17, 15) is 13.2 Å². The Morgan fingerprint density at radius 3 is 2.38 bits per heavy atom. The van der Waals surface area contributed by atoms with Gasteiger partial charge in [-0.25, -0.2) is 13.1 Å². The number of anilines is 1. The zero-order chi connectivity index (χ0) is 19.3. The summed E-state index contributed by atoms with van der Waals surface area (Å²) in [5.41, 5.74) is 1.50. The van der Waals surface area contributed by atoms with Crippen molar-refractivity contribution in [3.63, 3.8) is 0 Å². The molecule has 0 fully saturated rings. The molecule has 2 aromatic carbocycles. The van der Waals surface area contributed by atoms with Gasteiger partial charge in [-0.05, 0) is 68.8 Å². The Morgan fingerprint density at radius 2 is 1.81 bits per heavy atom. The van der Waals surface area contributed by atoms with Crippen LogP contribution >= 0.6 is 15.9 Å². The lowest BCUT2D eigenvalue weighted by Gasteiger charge is -2.11. The topological polar surface area (TPSA) is 84.5 Å². The van der Waals surface area contributed by atoms with Crippen molar-refractivity contribution < 1.29 is 17.9 Å². The van der Waals surface area contributed by atoms with Crippen molar-refractivity contribution in [1.29, 1.82) is 0 Å². The number of rotatable bonds is 7. The summed E-state index contributed by atoms with van der Waals surface area (Å²) in [6.07, 6.45) is 0. The molecule has 2 N–H and O–H groups in total. The highest BCUT2D eigenvalue weighted by Gasteiger charge is 2.15. The molecule has 0 atom stereocenters. The number of benzene rings is 2. The summed E-state index contributed by atoms with van der Waals surface area (Å²) in [6, 6.07) is 11.2. The molecule has 0 aliphatic heterocycles. The molecular weight excluding hydrogens is 420 g/mol. The summed E-state index contributed by atoms with van der Waals surface area (Å²) in [5.74, 6) is 0.267. The van der Waals surface area contributed by atoms with Gasteiger partial charge in [0.2, 0.25) is 10.0 Å². The van der Waals surface area contributed by atoms with Crippen molar-refractivity contribution in [1.82, 2.24) is 4.72 Å². The van der Waals surface area contributed by atoms with Crippen molar-refractivity contribution in [2.45, 2.75) is 31.7 Å². The third kappa shape index (κ3) is 5.82. The van der Waals surface area contributed by atoms with Crippen LogP contribution in [0.1, 0.15) is 19.4 Å². The molecule has 140 valence electrons. The highest BCUT2D eigenvalue weighted by Crippen LogP contribution is 2.21. The fourth-order valence-electron chi connectivity index (χ4n) is 2.15. The maximum atomic E-state index is 12.1. The summed E-state index contributed by atoms with van der Waals surface area (Å²) in [7, 11) is -3.55. The van der Waals surface area contributed by atoms with Gasteiger partial charge in [0.25, 0.3) is 5.91 Å². The fourth-order valence-corrected chi connectivity index (χ4v) is 3.65. The molecule has 2 rings (SSSR count). The minimum absolute atomic E-state index is 0.143. The van der Waals surface area contributed by atoms with Crippen molar-refractivity contribution >= 4 is 37.5 Å². The molecule has 0 saturated carbocycles. The summed E-state index contributed by atoms with van der Waals surface area (Å²) < 4.78 is 33.1. The second kappa shape index (κ2) is 8.66. The van der Waals surface area contributed by atoms with Crippen molar-refractivity contribution in [3.05, 3.63) is 52.5 Å². The summed E-state index contributed by atoms with van der Waals surface area (Å²) in [5, 5.41) is 2.67. The van der Waals surface area contributed by atoms with Crippen LogP contribution in [0.25, 0.3) is 0 Å². The van der Waals surface area contributed by atoms with E-state index in [1.54, 1.807) is 19.9 Å². The number of carbonyl (C=O) groups is 1. The van der Waals surface area contributed by atoms with Gasteiger partial charge in [0.05, 0.1) is 4.90 Å². The number of aryl methyl sites for hydroxylation is 1. The van der Waals surface area contributed by atoms with Crippen LogP contribution in [0.2, 0.25) is 0 Å². The Balaban J connectivity index is 1.94. The predicted molar refractivity (Wildman–Crippen MR) is 105 cm³/mol. The van der Waals surface area contributed by atoms with Gasteiger partial charge in [0.1, 0.15) is 5.75 Å². The number of nitrogens with one attached hydrogen (secondary N) is 2. The standard InChI is InChI=1S/C18H21BrN2O4S/c1-12(2)21-26(23,24)16-7-4-14(5-8-16)20-18(22)11-25-15-6-9-17(19)13(3)10-15/h4-10,12,21H,11H2,1-3H3,(H,20,22). The minimum atomic E-state index is -3.55. The lowest BCUT2D eigenvalue weighted by atomic mass is 10.2. The maximum absolute atomic E-state index is 12.1. The maximum Gasteiger partial charge on any atom is 0.262 e. The van der Waals surface area contributed by atoms with Crippen LogP contribution in [0.15, 0.2) is 51.8 Å². The normalized spacial score (nSPS) is 11.4. The quantitative estimate of drug-likeness (QED) is 0.690. The van der Waals surface area contributed by atoms with Gasteiger partial charge < -0.3 is 10.1 Å². The molecule has 0 unspecified atom stereocenters. The van der Waals surface area contributed by atoms with Gasteiger partial charge in [0, 0.05) is 16.2 Å². The molecule has 6 nitrogen and oxygen atoms in total. The van der Waals surface area contributed by atoms with Gasteiger partial charge in [-0.15, -0.1) is 0 Å². The van der Waals surface area contributed by atoms with Gasteiger partial charge in [-0.2, -0.15) is 0 Å². The zero-order valence-corrected chi connectivity index (χ0v) is 17.1. The van der Waals surface area contributed by atoms with Crippen LogP contribution in [0.3, 0.4) is 0 Å². The molecule has 0 heterocycles. The molecule has 0 aliphatic rings. The summed E-state index contributed by atoms with van der Waals surface area (Å²) >= 11 is 3.40. The van der Waals surface area contributed by atoms with Gasteiger partial charge in [-0.3, -0.25) is 4.79 Å². The van der Waals surface area contributed by atoms with E-state index >= 15 is 0 Å². The first-order valence-electron chi connectivity index (χ1n) is 7.98. The Hall–Kier alpha value is -1.90. The van der Waals surface area contributed by atoms with Crippen LogP contribution in [-0.2, 0) is 14.8 Å². The molecule has 2 aromatic rings. The highest BCUT2D eigenvalue weighted by atomic mass is 79.9. The van der Waals surface area contributed by atoms with Crippen LogP contribution < -0.4 is 14.8 Å². The predicted octanol–water partition coefficient (Wildman–Crippen LogP) is 3.46. The van der Waals surface area contributed by atoms with Crippen molar-refractivity contribution in [2.75, 3.05) is 11.9 Å². The van der Waals surface area contributed by atoms with E-state index in [-0.39, 0.29) is 23.5 Å². The average molecular weight is 441 g/mol. The monoisotopic (exact) mass is 440 g/mol. The molecule has 0 aromatic heterocycles. The molecule has 0 aliphatic carbocycles. The first kappa shape index (κ1) is 20.4. The molecule has 1 amide bonds. The number of sulfonamides is 1. The second-order valence-electron chi connectivity index (χ2n) is 6.05. The summed E-state index contributed by atoms with van der Waals surface area (Å²) in [6.45, 7) is 5.29. The number of hydrogen-bond donors (Lipinski definition) is 2. The lowest BCUT2D eigenvalue weighted by molar-refractivity contribution is -0.118. The number of ether oxygens (including phenoxy) is 1. The van der Waals surface area contributed by atoms with Crippen LogP contribution in [0, 0.1) is 6.92 Å². The molecule has 26 heavy (non-hydrogen) atoms. The van der Waals surface area contributed by atoms with Gasteiger partial charge in [0.15, 0.2) is 6.61 Å². The largest absolute Gasteiger partial charge is 0.484 e. The molecule has 0 saturated heterocycles. The van der Waals surface area contributed by atoms with Crippen molar-refractivity contribution in [2.24, 2.45) is 0 Å². The van der Waals surface area contributed by atoms with E-state index in [2.05, 4.69) is 26.0 Å².